The van der Waals surface area contributed by atoms with E-state index in [0.29, 0.717) is 31.4 Å². The van der Waals surface area contributed by atoms with E-state index in [-0.39, 0.29) is 11.7 Å². The van der Waals surface area contributed by atoms with Gasteiger partial charge >= 0.3 is 0 Å². The number of nitrogen functional groups attached to an aromatic ring is 1. The second-order valence-electron chi connectivity index (χ2n) is 7.91. The fourth-order valence-corrected chi connectivity index (χ4v) is 4.47. The quantitative estimate of drug-likeness (QED) is 0.813. The third-order valence-corrected chi connectivity index (χ3v) is 5.97. The maximum absolute atomic E-state index is 12.9. The van der Waals surface area contributed by atoms with Crippen molar-refractivity contribution < 1.29 is 9.53 Å². The smallest absolute Gasteiger partial charge is 0.229 e. The number of ether oxygens (including phenoxy) is 1. The van der Waals surface area contributed by atoms with Crippen LogP contribution in [0.25, 0.3) is 0 Å². The first kappa shape index (κ1) is 18.1. The highest BCUT2D eigenvalue weighted by Gasteiger charge is 2.38. The fraction of sp³-hybridized carbons (Fsp3) is 0.409. The van der Waals surface area contributed by atoms with Gasteiger partial charge in [0, 0.05) is 42.3 Å². The summed E-state index contributed by atoms with van der Waals surface area (Å²) in [6.45, 7) is 4.86. The van der Waals surface area contributed by atoms with Crippen LogP contribution in [0.2, 0.25) is 0 Å². The lowest BCUT2D eigenvalue weighted by molar-refractivity contribution is -0.116. The van der Waals surface area contributed by atoms with Crippen LogP contribution in [0.1, 0.15) is 41.9 Å². The number of hydrogen-bond acceptors (Lipinski definition) is 7. The van der Waals surface area contributed by atoms with Crippen LogP contribution >= 0.6 is 0 Å². The Morgan fingerprint density at radius 1 is 1.14 bits per heavy atom. The van der Waals surface area contributed by atoms with E-state index < -0.39 is 0 Å². The molecule has 0 unspecified atom stereocenters. The van der Waals surface area contributed by atoms with Gasteiger partial charge in [-0.05, 0) is 25.3 Å². The molecule has 7 nitrogen and oxygen atoms in total. The van der Waals surface area contributed by atoms with Crippen molar-refractivity contribution in [2.45, 2.75) is 32.1 Å². The third-order valence-electron chi connectivity index (χ3n) is 5.97. The largest absolute Gasteiger partial charge is 0.383 e. The zero-order valence-electron chi connectivity index (χ0n) is 16.6. The minimum atomic E-state index is -0.228. The molecular weight excluding hydrogens is 366 g/mol. The molecule has 1 aromatic heterocycles. The van der Waals surface area contributed by atoms with Crippen molar-refractivity contribution in [3.8, 4) is 0 Å². The number of anilines is 3. The van der Waals surface area contributed by atoms with E-state index in [9.17, 15) is 4.79 Å². The molecule has 3 N–H and O–H groups in total. The first-order valence-electron chi connectivity index (χ1n) is 10.2. The normalized spacial score (nSPS) is 21.5. The molecule has 1 aliphatic carbocycles. The SMILES string of the molecule is Cc1ccc([C@@H]2C3=C(CCCC3=O)Nc3nc(N4CCOCC4)nc(N)c32)cc1. The predicted octanol–water partition coefficient (Wildman–Crippen LogP) is 2.77. The van der Waals surface area contributed by atoms with E-state index in [1.807, 2.05) is 0 Å². The van der Waals surface area contributed by atoms with Crippen molar-refractivity contribution in [2.24, 2.45) is 0 Å². The molecule has 2 aliphatic heterocycles. The van der Waals surface area contributed by atoms with Crippen LogP contribution in [0, 0.1) is 6.92 Å². The number of benzene rings is 1. The summed E-state index contributed by atoms with van der Waals surface area (Å²) in [4.78, 5) is 24.5. The Morgan fingerprint density at radius 3 is 2.66 bits per heavy atom. The molecule has 1 saturated heterocycles. The van der Waals surface area contributed by atoms with Gasteiger partial charge in [-0.3, -0.25) is 4.79 Å². The highest BCUT2D eigenvalue weighted by molar-refractivity contribution is 6.01. The molecule has 0 bridgehead atoms. The molecule has 7 heteroatoms. The van der Waals surface area contributed by atoms with Gasteiger partial charge < -0.3 is 20.7 Å². The molecule has 3 heterocycles. The number of nitrogens with zero attached hydrogens (tertiary/aromatic N) is 3. The van der Waals surface area contributed by atoms with E-state index in [0.717, 1.165) is 54.1 Å². The molecule has 3 aliphatic rings. The molecule has 2 aromatic rings. The van der Waals surface area contributed by atoms with E-state index in [4.69, 9.17) is 15.5 Å². The molecule has 1 atom stereocenters. The van der Waals surface area contributed by atoms with Crippen molar-refractivity contribution in [3.63, 3.8) is 0 Å². The number of carbonyl (C=O) groups is 1. The van der Waals surface area contributed by atoms with Crippen molar-refractivity contribution in [1.29, 1.82) is 0 Å². The minimum absolute atomic E-state index is 0.187. The predicted molar refractivity (Wildman–Crippen MR) is 112 cm³/mol. The van der Waals surface area contributed by atoms with E-state index in [2.05, 4.69) is 46.4 Å². The van der Waals surface area contributed by atoms with Crippen LogP contribution in [0.4, 0.5) is 17.6 Å². The maximum atomic E-state index is 12.9. The molecule has 5 rings (SSSR count). The third kappa shape index (κ3) is 3.15. The summed E-state index contributed by atoms with van der Waals surface area (Å²) in [6.07, 6.45) is 2.28. The molecule has 1 fully saturated rings. The van der Waals surface area contributed by atoms with Gasteiger partial charge in [0.2, 0.25) is 5.95 Å². The van der Waals surface area contributed by atoms with Crippen molar-refractivity contribution in [3.05, 3.63) is 52.2 Å². The number of nitrogens with two attached hydrogens (primary N) is 1. The summed E-state index contributed by atoms with van der Waals surface area (Å²) >= 11 is 0. The summed E-state index contributed by atoms with van der Waals surface area (Å²) in [7, 11) is 0. The number of rotatable bonds is 2. The number of allylic oxidation sites excluding steroid dienone is 2. The number of nitrogens with one attached hydrogen (secondary N) is 1. The number of hydrogen-bond donors (Lipinski definition) is 2. The van der Waals surface area contributed by atoms with Gasteiger partial charge in [0.25, 0.3) is 0 Å². The summed E-state index contributed by atoms with van der Waals surface area (Å²) in [5.74, 6) is 1.73. The molecule has 150 valence electrons. The van der Waals surface area contributed by atoms with Crippen LogP contribution in [0.5, 0.6) is 0 Å². The van der Waals surface area contributed by atoms with Gasteiger partial charge in [-0.15, -0.1) is 0 Å². The zero-order chi connectivity index (χ0) is 20.0. The Morgan fingerprint density at radius 2 is 1.90 bits per heavy atom. The maximum Gasteiger partial charge on any atom is 0.229 e. The Kier molecular flexibility index (Phi) is 4.47. The van der Waals surface area contributed by atoms with Gasteiger partial charge in [0.05, 0.1) is 13.2 Å². The molecule has 0 amide bonds. The highest BCUT2D eigenvalue weighted by Crippen LogP contribution is 2.46. The van der Waals surface area contributed by atoms with Crippen molar-refractivity contribution >= 4 is 23.4 Å². The van der Waals surface area contributed by atoms with Crippen molar-refractivity contribution in [2.75, 3.05) is 42.3 Å². The second kappa shape index (κ2) is 7.15. The summed E-state index contributed by atoms with van der Waals surface area (Å²) in [6, 6.07) is 8.31. The van der Waals surface area contributed by atoms with Crippen LogP contribution < -0.4 is 16.0 Å². The number of Topliss-reactive ketones (excluding diaryl/α,β-unsaturated/α-hetero) is 1. The monoisotopic (exact) mass is 391 g/mol. The van der Waals surface area contributed by atoms with Crippen LogP contribution in [-0.4, -0.2) is 42.1 Å². The van der Waals surface area contributed by atoms with E-state index >= 15 is 0 Å². The van der Waals surface area contributed by atoms with Gasteiger partial charge in [-0.25, -0.2) is 0 Å². The number of fused-ring (bicyclic) bond motifs is 1. The Bertz CT molecular complexity index is 993. The van der Waals surface area contributed by atoms with Crippen LogP contribution in [0.3, 0.4) is 0 Å². The van der Waals surface area contributed by atoms with Gasteiger partial charge in [-0.2, -0.15) is 9.97 Å². The molecule has 0 saturated carbocycles. The van der Waals surface area contributed by atoms with Gasteiger partial charge in [0.15, 0.2) is 5.78 Å². The Labute approximate surface area is 170 Å². The molecule has 0 spiro atoms. The molecule has 29 heavy (non-hydrogen) atoms. The molecular formula is C22H25N5O2. The van der Waals surface area contributed by atoms with Crippen molar-refractivity contribution in [1.82, 2.24) is 9.97 Å². The first-order valence-corrected chi connectivity index (χ1v) is 10.2. The number of morpholine rings is 1. The lowest BCUT2D eigenvalue weighted by Gasteiger charge is -2.35. The van der Waals surface area contributed by atoms with E-state index in [1.54, 1.807) is 0 Å². The number of ketones is 1. The standard InChI is InChI=1S/C22H25N5O2/c1-13-5-7-14(8-6-13)17-18-15(3-2-4-16(18)28)24-21-19(17)20(23)25-22(26-21)27-9-11-29-12-10-27/h5-8,17H,2-4,9-12H2,1H3,(H3,23,24,25,26)/t17-/m1/s1. The average Bonchev–Trinajstić information content (AvgIpc) is 2.74. The summed E-state index contributed by atoms with van der Waals surface area (Å²) < 4.78 is 5.44. The fourth-order valence-electron chi connectivity index (χ4n) is 4.47. The molecule has 0 radical (unpaired) electrons. The lowest BCUT2D eigenvalue weighted by atomic mass is 9.76. The zero-order valence-corrected chi connectivity index (χ0v) is 16.6. The van der Waals surface area contributed by atoms with Crippen LogP contribution in [-0.2, 0) is 9.53 Å². The topological polar surface area (TPSA) is 93.4 Å². The van der Waals surface area contributed by atoms with Gasteiger partial charge in [-0.1, -0.05) is 29.8 Å². The minimum Gasteiger partial charge on any atom is -0.383 e. The number of aryl methyl sites for hydroxylation is 1. The summed E-state index contributed by atoms with van der Waals surface area (Å²) in [5, 5.41) is 3.43. The average molecular weight is 391 g/mol. The van der Waals surface area contributed by atoms with E-state index in [1.165, 1.54) is 5.56 Å². The Balaban J connectivity index is 1.65. The first-order chi connectivity index (χ1) is 14.1. The lowest BCUT2D eigenvalue weighted by Crippen LogP contribution is -2.38. The number of carbonyl (C=O) groups excluding carboxylic acids is 1. The molecule has 1 aromatic carbocycles. The second-order valence-corrected chi connectivity index (χ2v) is 7.91. The number of aromatic nitrogens is 2. The van der Waals surface area contributed by atoms with Gasteiger partial charge in [0.1, 0.15) is 11.6 Å². The Hall–Kier alpha value is -2.93. The summed E-state index contributed by atoms with van der Waals surface area (Å²) in [5.41, 5.74) is 11.3. The highest BCUT2D eigenvalue weighted by atomic mass is 16.5. The van der Waals surface area contributed by atoms with Crippen LogP contribution in [0.15, 0.2) is 35.5 Å².